The average Bonchev–Trinajstić information content (AvgIpc) is 3.17. The van der Waals surface area contributed by atoms with E-state index in [-0.39, 0.29) is 11.9 Å². The summed E-state index contributed by atoms with van der Waals surface area (Å²) in [6.45, 7) is 1.83. The smallest absolute Gasteiger partial charge is 0.254 e. The Morgan fingerprint density at radius 3 is 2.80 bits per heavy atom. The second-order valence-electron chi connectivity index (χ2n) is 6.25. The molecule has 2 aromatic carbocycles. The highest BCUT2D eigenvalue weighted by Gasteiger charge is 2.31. The van der Waals surface area contributed by atoms with E-state index in [0.29, 0.717) is 30.9 Å². The Labute approximate surface area is 146 Å². The Bertz CT molecular complexity index is 856. The van der Waals surface area contributed by atoms with Crippen LogP contribution in [0.4, 0.5) is 0 Å². The summed E-state index contributed by atoms with van der Waals surface area (Å²) in [5, 5.41) is 9.05. The van der Waals surface area contributed by atoms with E-state index in [1.807, 2.05) is 23.1 Å². The molecule has 5 heteroatoms. The lowest BCUT2D eigenvalue weighted by Crippen LogP contribution is -2.30. The molecule has 4 rings (SSSR count). The van der Waals surface area contributed by atoms with Crippen molar-refractivity contribution in [1.29, 1.82) is 5.26 Å². The van der Waals surface area contributed by atoms with Crippen LogP contribution in [0, 0.1) is 11.3 Å². The largest absolute Gasteiger partial charge is 0.486 e. The molecule has 0 aliphatic carbocycles. The van der Waals surface area contributed by atoms with Gasteiger partial charge in [0, 0.05) is 12.1 Å². The van der Waals surface area contributed by atoms with Crippen molar-refractivity contribution in [2.24, 2.45) is 0 Å². The minimum atomic E-state index is -0.0329. The van der Waals surface area contributed by atoms with Crippen molar-refractivity contribution in [3.63, 3.8) is 0 Å². The summed E-state index contributed by atoms with van der Waals surface area (Å²) in [6.07, 6.45) is 1.88. The number of nitrogens with zero attached hydrogens (tertiary/aromatic N) is 2. The number of ether oxygens (including phenoxy) is 2. The summed E-state index contributed by atoms with van der Waals surface area (Å²) in [5.74, 6) is 1.47. The van der Waals surface area contributed by atoms with Gasteiger partial charge in [-0.15, -0.1) is 0 Å². The van der Waals surface area contributed by atoms with Gasteiger partial charge in [0.1, 0.15) is 13.2 Å². The van der Waals surface area contributed by atoms with Crippen LogP contribution in [-0.4, -0.2) is 30.6 Å². The van der Waals surface area contributed by atoms with Gasteiger partial charge in [0.25, 0.3) is 5.91 Å². The standard InChI is InChI=1S/C20H18N2O3/c21-13-14-3-1-4-16(11-14)20(23)22-8-2-5-17(22)15-6-7-18-19(12-15)25-10-9-24-18/h1,3-4,6-7,11-12,17H,2,5,8-10H2/t17-/m1/s1. The lowest BCUT2D eigenvalue weighted by Gasteiger charge is -2.27. The van der Waals surface area contributed by atoms with Crippen LogP contribution in [0.15, 0.2) is 42.5 Å². The maximum atomic E-state index is 12.9. The highest BCUT2D eigenvalue weighted by atomic mass is 16.6. The van der Waals surface area contributed by atoms with Crippen molar-refractivity contribution >= 4 is 5.91 Å². The fourth-order valence-corrected chi connectivity index (χ4v) is 3.51. The first-order chi connectivity index (χ1) is 12.3. The average molecular weight is 334 g/mol. The molecule has 0 unspecified atom stereocenters. The van der Waals surface area contributed by atoms with Crippen LogP contribution in [0.3, 0.4) is 0 Å². The fraction of sp³-hybridized carbons (Fsp3) is 0.300. The van der Waals surface area contributed by atoms with Crippen LogP contribution in [0.25, 0.3) is 0 Å². The van der Waals surface area contributed by atoms with Crippen LogP contribution in [0.1, 0.15) is 40.4 Å². The molecule has 1 atom stereocenters. The van der Waals surface area contributed by atoms with E-state index in [9.17, 15) is 4.79 Å². The number of nitriles is 1. The summed E-state index contributed by atoms with van der Waals surface area (Å²) in [5.41, 5.74) is 2.12. The van der Waals surface area contributed by atoms with Gasteiger partial charge < -0.3 is 14.4 Å². The summed E-state index contributed by atoms with van der Waals surface area (Å²) in [7, 11) is 0. The number of carbonyl (C=O) groups is 1. The molecule has 1 fully saturated rings. The lowest BCUT2D eigenvalue weighted by atomic mass is 10.0. The van der Waals surface area contributed by atoms with E-state index >= 15 is 0 Å². The Morgan fingerprint density at radius 2 is 1.96 bits per heavy atom. The molecule has 0 radical (unpaired) electrons. The van der Waals surface area contributed by atoms with Gasteiger partial charge in [0.05, 0.1) is 17.7 Å². The first kappa shape index (κ1) is 15.5. The Balaban J connectivity index is 1.62. The Hall–Kier alpha value is -3.00. The number of likely N-dealkylation sites (tertiary alicyclic amines) is 1. The van der Waals surface area contributed by atoms with Crippen molar-refractivity contribution < 1.29 is 14.3 Å². The van der Waals surface area contributed by atoms with Crippen molar-refractivity contribution in [3.05, 3.63) is 59.2 Å². The maximum absolute atomic E-state index is 12.9. The van der Waals surface area contributed by atoms with E-state index < -0.39 is 0 Å². The number of fused-ring (bicyclic) bond motifs is 1. The summed E-state index contributed by atoms with van der Waals surface area (Å²) >= 11 is 0. The second-order valence-corrected chi connectivity index (χ2v) is 6.25. The molecule has 0 spiro atoms. The number of carbonyl (C=O) groups excluding carboxylic acids is 1. The van der Waals surface area contributed by atoms with Gasteiger partial charge in [-0.2, -0.15) is 5.26 Å². The normalized spacial score (nSPS) is 18.7. The Kier molecular flexibility index (Phi) is 4.02. The quantitative estimate of drug-likeness (QED) is 0.845. The molecule has 0 aromatic heterocycles. The van der Waals surface area contributed by atoms with Gasteiger partial charge in [-0.3, -0.25) is 4.79 Å². The van der Waals surface area contributed by atoms with E-state index in [2.05, 4.69) is 6.07 Å². The number of benzene rings is 2. The van der Waals surface area contributed by atoms with Crippen LogP contribution in [0.5, 0.6) is 11.5 Å². The number of hydrogen-bond donors (Lipinski definition) is 0. The van der Waals surface area contributed by atoms with Gasteiger partial charge in [0.2, 0.25) is 0 Å². The lowest BCUT2D eigenvalue weighted by molar-refractivity contribution is 0.0735. The molecule has 2 aliphatic rings. The van der Waals surface area contributed by atoms with Crippen LogP contribution >= 0.6 is 0 Å². The molecular formula is C20H18N2O3. The van der Waals surface area contributed by atoms with E-state index in [0.717, 1.165) is 29.9 Å². The molecule has 0 bridgehead atoms. The molecule has 1 saturated heterocycles. The third-order valence-corrected chi connectivity index (χ3v) is 4.70. The molecule has 1 amide bonds. The number of amides is 1. The molecule has 25 heavy (non-hydrogen) atoms. The molecule has 2 aromatic rings. The summed E-state index contributed by atoms with van der Waals surface area (Å²) in [6, 6.07) is 14.9. The highest BCUT2D eigenvalue weighted by molar-refractivity contribution is 5.95. The SMILES string of the molecule is N#Cc1cccc(C(=O)N2CCC[C@@H]2c2ccc3c(c2)OCCO3)c1. The van der Waals surface area contributed by atoms with Crippen molar-refractivity contribution in [1.82, 2.24) is 4.90 Å². The van der Waals surface area contributed by atoms with Crippen molar-refractivity contribution in [3.8, 4) is 17.6 Å². The van der Waals surface area contributed by atoms with Gasteiger partial charge in [-0.1, -0.05) is 12.1 Å². The van der Waals surface area contributed by atoms with Crippen LogP contribution in [0.2, 0.25) is 0 Å². The third kappa shape index (κ3) is 2.91. The minimum Gasteiger partial charge on any atom is -0.486 e. The van der Waals surface area contributed by atoms with E-state index in [1.165, 1.54) is 0 Å². The molecule has 2 heterocycles. The fourth-order valence-electron chi connectivity index (χ4n) is 3.51. The molecule has 2 aliphatic heterocycles. The van der Waals surface area contributed by atoms with E-state index in [1.54, 1.807) is 24.3 Å². The van der Waals surface area contributed by atoms with Crippen LogP contribution in [-0.2, 0) is 0 Å². The monoisotopic (exact) mass is 334 g/mol. The zero-order chi connectivity index (χ0) is 17.2. The van der Waals surface area contributed by atoms with Gasteiger partial charge in [-0.05, 0) is 48.7 Å². The van der Waals surface area contributed by atoms with Gasteiger partial charge in [-0.25, -0.2) is 0 Å². The molecule has 126 valence electrons. The third-order valence-electron chi connectivity index (χ3n) is 4.70. The highest BCUT2D eigenvalue weighted by Crippen LogP contribution is 2.38. The van der Waals surface area contributed by atoms with Crippen molar-refractivity contribution in [2.75, 3.05) is 19.8 Å². The molecule has 0 saturated carbocycles. The second kappa shape index (κ2) is 6.48. The van der Waals surface area contributed by atoms with Gasteiger partial charge in [0.15, 0.2) is 11.5 Å². The Morgan fingerprint density at radius 1 is 1.12 bits per heavy atom. The zero-order valence-corrected chi connectivity index (χ0v) is 13.8. The maximum Gasteiger partial charge on any atom is 0.254 e. The van der Waals surface area contributed by atoms with Crippen LogP contribution < -0.4 is 9.47 Å². The van der Waals surface area contributed by atoms with E-state index in [4.69, 9.17) is 14.7 Å². The number of hydrogen-bond acceptors (Lipinski definition) is 4. The number of rotatable bonds is 2. The summed E-state index contributed by atoms with van der Waals surface area (Å²) in [4.78, 5) is 14.8. The minimum absolute atomic E-state index is 0.0223. The summed E-state index contributed by atoms with van der Waals surface area (Å²) < 4.78 is 11.2. The molecule has 0 N–H and O–H groups in total. The first-order valence-electron chi connectivity index (χ1n) is 8.47. The first-order valence-corrected chi connectivity index (χ1v) is 8.47. The zero-order valence-electron chi connectivity index (χ0n) is 13.8. The molecular weight excluding hydrogens is 316 g/mol. The topological polar surface area (TPSA) is 62.6 Å². The van der Waals surface area contributed by atoms with Gasteiger partial charge >= 0.3 is 0 Å². The predicted octanol–water partition coefficient (Wildman–Crippen LogP) is 3.31. The van der Waals surface area contributed by atoms with Crippen molar-refractivity contribution in [2.45, 2.75) is 18.9 Å². The predicted molar refractivity (Wildman–Crippen MR) is 91.6 cm³/mol. The molecule has 5 nitrogen and oxygen atoms in total.